The number of piperidine rings is 1. The number of esters is 1. The minimum absolute atomic E-state index is 0.0103. The number of hydrogen-bond donors (Lipinski definition) is 1. The SMILES string of the molecule is COC(=O)C1(Cc2nc(Nc3nccs3)ccc2F)CCN(Cc2cccc3c2OC(F)(F)O3)C(C)C1. The Bertz CT molecular complexity index is 1290. The number of aromatic nitrogens is 2. The van der Waals surface area contributed by atoms with Crippen LogP contribution in [-0.2, 0) is 22.5 Å². The standard InChI is InChI=1S/C25H25F3N4O4S/c1-15-12-24(22(33)34-2,13-18-17(26)6-7-20(30-18)31-23-29-9-11-37-23)8-10-32(15)14-16-4-3-5-19-21(16)36-25(27,28)35-19/h3-7,9,11,15H,8,10,12-14H2,1-2H3,(H,29,30,31). The molecule has 0 saturated carbocycles. The zero-order valence-electron chi connectivity index (χ0n) is 20.2. The number of fused-ring (bicyclic) bond motifs is 1. The van der Waals surface area contributed by atoms with Crippen molar-refractivity contribution in [3.63, 3.8) is 0 Å². The second-order valence-electron chi connectivity index (χ2n) is 9.22. The van der Waals surface area contributed by atoms with E-state index >= 15 is 0 Å². The summed E-state index contributed by atoms with van der Waals surface area (Å²) in [5.41, 5.74) is -0.286. The van der Waals surface area contributed by atoms with Gasteiger partial charge in [-0.3, -0.25) is 9.69 Å². The lowest BCUT2D eigenvalue weighted by Gasteiger charge is -2.44. The fourth-order valence-corrected chi connectivity index (χ4v) is 5.54. The first-order valence-electron chi connectivity index (χ1n) is 11.7. The van der Waals surface area contributed by atoms with Crippen LogP contribution < -0.4 is 14.8 Å². The minimum atomic E-state index is -3.70. The van der Waals surface area contributed by atoms with Gasteiger partial charge in [0.15, 0.2) is 16.6 Å². The van der Waals surface area contributed by atoms with Crippen molar-refractivity contribution in [2.45, 2.75) is 45.1 Å². The monoisotopic (exact) mass is 534 g/mol. The van der Waals surface area contributed by atoms with Crippen molar-refractivity contribution in [1.82, 2.24) is 14.9 Å². The number of para-hydroxylation sites is 1. The van der Waals surface area contributed by atoms with E-state index in [1.807, 2.05) is 12.3 Å². The van der Waals surface area contributed by atoms with Crippen LogP contribution in [0.3, 0.4) is 0 Å². The Kier molecular flexibility index (Phi) is 6.71. The third kappa shape index (κ3) is 5.21. The van der Waals surface area contributed by atoms with E-state index in [1.54, 1.807) is 18.3 Å². The van der Waals surface area contributed by atoms with E-state index in [9.17, 15) is 18.0 Å². The van der Waals surface area contributed by atoms with Gasteiger partial charge in [0.05, 0.1) is 18.2 Å². The second-order valence-corrected chi connectivity index (χ2v) is 10.1. The van der Waals surface area contributed by atoms with Crippen molar-refractivity contribution >= 4 is 28.3 Å². The van der Waals surface area contributed by atoms with Crippen LogP contribution >= 0.6 is 11.3 Å². The maximum Gasteiger partial charge on any atom is 0.586 e. The molecular weight excluding hydrogens is 509 g/mol. The number of carbonyl (C=O) groups is 1. The van der Waals surface area contributed by atoms with Gasteiger partial charge in [-0.15, -0.1) is 20.1 Å². The van der Waals surface area contributed by atoms with Gasteiger partial charge < -0.3 is 19.5 Å². The molecule has 2 aliphatic heterocycles. The highest BCUT2D eigenvalue weighted by molar-refractivity contribution is 7.13. The largest absolute Gasteiger partial charge is 0.586 e. The number of nitrogens with one attached hydrogen (secondary N) is 1. The minimum Gasteiger partial charge on any atom is -0.469 e. The number of ether oxygens (including phenoxy) is 3. The van der Waals surface area contributed by atoms with Crippen molar-refractivity contribution in [3.8, 4) is 11.5 Å². The van der Waals surface area contributed by atoms with Gasteiger partial charge in [0.2, 0.25) is 0 Å². The van der Waals surface area contributed by atoms with Gasteiger partial charge in [0.1, 0.15) is 11.6 Å². The van der Waals surface area contributed by atoms with Crippen LogP contribution in [0.25, 0.3) is 0 Å². The first kappa shape index (κ1) is 25.3. The summed E-state index contributed by atoms with van der Waals surface area (Å²) >= 11 is 1.39. The summed E-state index contributed by atoms with van der Waals surface area (Å²) in [6.45, 7) is 2.72. The van der Waals surface area contributed by atoms with Gasteiger partial charge in [0, 0.05) is 36.1 Å². The van der Waals surface area contributed by atoms with Crippen LogP contribution in [0.5, 0.6) is 11.5 Å². The average molecular weight is 535 g/mol. The Morgan fingerprint density at radius 3 is 2.86 bits per heavy atom. The number of pyridine rings is 1. The molecule has 5 rings (SSSR count). The van der Waals surface area contributed by atoms with Gasteiger partial charge >= 0.3 is 12.3 Å². The quantitative estimate of drug-likeness (QED) is 0.418. The normalized spacial score (nSPS) is 22.6. The van der Waals surface area contributed by atoms with Crippen molar-refractivity contribution in [2.24, 2.45) is 5.41 Å². The van der Waals surface area contributed by atoms with E-state index in [1.165, 1.54) is 36.6 Å². The molecule has 0 spiro atoms. The number of thiazole rings is 1. The molecule has 0 aliphatic carbocycles. The Morgan fingerprint density at radius 1 is 1.30 bits per heavy atom. The highest BCUT2D eigenvalue weighted by Crippen LogP contribution is 2.45. The molecule has 1 aromatic carbocycles. The molecule has 0 amide bonds. The van der Waals surface area contributed by atoms with Crippen molar-refractivity contribution in [2.75, 3.05) is 19.0 Å². The summed E-state index contributed by atoms with van der Waals surface area (Å²) in [5.74, 6) is -0.519. The lowest BCUT2D eigenvalue weighted by molar-refractivity contribution is -0.287. The first-order chi connectivity index (χ1) is 17.7. The van der Waals surface area contributed by atoms with Crippen molar-refractivity contribution in [1.29, 1.82) is 0 Å². The predicted molar refractivity (Wildman–Crippen MR) is 129 cm³/mol. The van der Waals surface area contributed by atoms with Crippen LogP contribution in [0.1, 0.15) is 31.0 Å². The topological polar surface area (TPSA) is 85.8 Å². The maximum absolute atomic E-state index is 14.8. The first-order valence-corrected chi connectivity index (χ1v) is 12.6. The van der Waals surface area contributed by atoms with E-state index in [4.69, 9.17) is 9.47 Å². The summed E-state index contributed by atoms with van der Waals surface area (Å²) in [6, 6.07) is 7.46. The Balaban J connectivity index is 1.34. The smallest absolute Gasteiger partial charge is 0.469 e. The molecule has 2 unspecified atom stereocenters. The summed E-state index contributed by atoms with van der Waals surface area (Å²) in [6.07, 6.45) is -1.26. The lowest BCUT2D eigenvalue weighted by atomic mass is 9.72. The van der Waals surface area contributed by atoms with Crippen LogP contribution in [0.15, 0.2) is 41.9 Å². The molecule has 0 bridgehead atoms. The molecule has 1 fully saturated rings. The van der Waals surface area contributed by atoms with Crippen LogP contribution in [0, 0.1) is 11.2 Å². The number of carbonyl (C=O) groups excluding carboxylic acids is 1. The molecule has 0 radical (unpaired) electrons. The van der Waals surface area contributed by atoms with Crippen LogP contribution in [0.4, 0.5) is 24.1 Å². The Hall–Kier alpha value is -3.38. The van der Waals surface area contributed by atoms with Gasteiger partial charge in [0.25, 0.3) is 0 Å². The predicted octanol–water partition coefficient (Wildman–Crippen LogP) is 5.13. The zero-order chi connectivity index (χ0) is 26.2. The fraction of sp³-hybridized carbons (Fsp3) is 0.400. The summed E-state index contributed by atoms with van der Waals surface area (Å²) in [4.78, 5) is 23.7. The molecule has 1 N–H and O–H groups in total. The molecule has 2 atom stereocenters. The second kappa shape index (κ2) is 9.82. The molecule has 2 aromatic heterocycles. The van der Waals surface area contributed by atoms with Gasteiger partial charge in [-0.25, -0.2) is 14.4 Å². The number of nitrogens with zero attached hydrogens (tertiary/aromatic N) is 3. The van der Waals surface area contributed by atoms with Crippen molar-refractivity contribution in [3.05, 3.63) is 59.0 Å². The lowest BCUT2D eigenvalue weighted by Crippen LogP contribution is -2.50. The Morgan fingerprint density at radius 2 is 2.14 bits per heavy atom. The van der Waals surface area contributed by atoms with Gasteiger partial charge in [-0.2, -0.15) is 0 Å². The molecule has 12 heteroatoms. The number of alkyl halides is 2. The highest BCUT2D eigenvalue weighted by Gasteiger charge is 2.47. The molecule has 3 aromatic rings. The molecule has 196 valence electrons. The van der Waals surface area contributed by atoms with E-state index in [-0.39, 0.29) is 29.7 Å². The van der Waals surface area contributed by atoms with Gasteiger partial charge in [-0.1, -0.05) is 12.1 Å². The van der Waals surface area contributed by atoms with Crippen LogP contribution in [0.2, 0.25) is 0 Å². The van der Waals surface area contributed by atoms with Gasteiger partial charge in [-0.05, 0) is 44.5 Å². The molecule has 1 saturated heterocycles. The van der Waals surface area contributed by atoms with E-state index in [0.717, 1.165) is 0 Å². The van der Waals surface area contributed by atoms with Crippen LogP contribution in [-0.4, -0.2) is 46.8 Å². The summed E-state index contributed by atoms with van der Waals surface area (Å²) in [5, 5.41) is 5.47. The summed E-state index contributed by atoms with van der Waals surface area (Å²) in [7, 11) is 1.32. The number of anilines is 2. The highest BCUT2D eigenvalue weighted by atomic mass is 32.1. The zero-order valence-corrected chi connectivity index (χ0v) is 21.0. The number of likely N-dealkylation sites (tertiary alicyclic amines) is 1. The number of benzene rings is 1. The number of halogens is 3. The number of hydrogen-bond acceptors (Lipinski definition) is 9. The molecule has 2 aliphatic rings. The fourth-order valence-electron chi connectivity index (χ4n) is 5.01. The number of rotatable bonds is 7. The van der Waals surface area contributed by atoms with Crippen molar-refractivity contribution < 1.29 is 32.2 Å². The Labute approximate surface area is 215 Å². The summed E-state index contributed by atoms with van der Waals surface area (Å²) < 4.78 is 56.5. The molecular formula is C25H25F3N4O4S. The third-order valence-electron chi connectivity index (χ3n) is 6.78. The van der Waals surface area contributed by atoms with E-state index in [2.05, 4.69) is 24.9 Å². The maximum atomic E-state index is 14.8. The van der Waals surface area contributed by atoms with E-state index < -0.39 is 23.5 Å². The number of methoxy groups -OCH3 is 1. The molecule has 4 heterocycles. The third-order valence-corrected chi connectivity index (χ3v) is 7.47. The molecule has 8 nitrogen and oxygen atoms in total. The molecule has 37 heavy (non-hydrogen) atoms. The van der Waals surface area contributed by atoms with E-state index in [0.29, 0.717) is 42.4 Å². The average Bonchev–Trinajstić information content (AvgIpc) is 3.48.